The SMILES string of the molecule is Cc1nc([C@H]2CCCN(C(=O)c3ccc(Cn4cccn4)o3)C2)no1. The maximum absolute atomic E-state index is 12.7. The summed E-state index contributed by atoms with van der Waals surface area (Å²) in [6.45, 7) is 3.56. The molecule has 0 bridgehead atoms. The summed E-state index contributed by atoms with van der Waals surface area (Å²) in [4.78, 5) is 18.8. The minimum absolute atomic E-state index is 0.100. The molecule has 0 N–H and O–H groups in total. The summed E-state index contributed by atoms with van der Waals surface area (Å²) in [5, 5.41) is 8.13. The topological polar surface area (TPSA) is 90.2 Å². The number of likely N-dealkylation sites (tertiary alicyclic amines) is 1. The highest BCUT2D eigenvalue weighted by Gasteiger charge is 2.29. The lowest BCUT2D eigenvalue weighted by molar-refractivity contribution is 0.0669. The molecule has 4 rings (SSSR count). The number of piperidine rings is 1. The van der Waals surface area contributed by atoms with Gasteiger partial charge in [0.15, 0.2) is 11.6 Å². The Bertz CT molecular complexity index is 851. The summed E-state index contributed by atoms with van der Waals surface area (Å²) >= 11 is 0. The number of hydrogen-bond donors (Lipinski definition) is 0. The van der Waals surface area contributed by atoms with Crippen molar-refractivity contribution in [1.82, 2.24) is 24.8 Å². The number of aromatic nitrogens is 4. The Balaban J connectivity index is 1.44. The molecular weight excluding hydrogens is 322 g/mol. The zero-order valence-electron chi connectivity index (χ0n) is 14.0. The van der Waals surface area contributed by atoms with Crippen LogP contribution in [-0.2, 0) is 6.54 Å². The summed E-state index contributed by atoms with van der Waals surface area (Å²) < 4.78 is 12.5. The molecule has 8 heteroatoms. The molecule has 4 heterocycles. The molecule has 0 unspecified atom stereocenters. The van der Waals surface area contributed by atoms with Crippen LogP contribution in [0.15, 0.2) is 39.5 Å². The van der Waals surface area contributed by atoms with E-state index in [1.807, 2.05) is 18.3 Å². The Labute approximate surface area is 144 Å². The molecule has 0 aliphatic carbocycles. The van der Waals surface area contributed by atoms with Gasteiger partial charge in [0.2, 0.25) is 5.89 Å². The van der Waals surface area contributed by atoms with Crippen molar-refractivity contribution in [3.8, 4) is 0 Å². The second kappa shape index (κ2) is 6.54. The van der Waals surface area contributed by atoms with Gasteiger partial charge in [0.1, 0.15) is 5.76 Å². The van der Waals surface area contributed by atoms with Crippen molar-refractivity contribution < 1.29 is 13.7 Å². The van der Waals surface area contributed by atoms with Crippen LogP contribution in [0.25, 0.3) is 0 Å². The van der Waals surface area contributed by atoms with E-state index in [0.29, 0.717) is 42.9 Å². The normalized spacial score (nSPS) is 17.8. The highest BCUT2D eigenvalue weighted by Crippen LogP contribution is 2.26. The van der Waals surface area contributed by atoms with Crippen LogP contribution in [0, 0.1) is 6.92 Å². The zero-order chi connectivity index (χ0) is 17.2. The van der Waals surface area contributed by atoms with Crippen molar-refractivity contribution in [3.05, 3.63) is 53.8 Å². The minimum atomic E-state index is -0.100. The van der Waals surface area contributed by atoms with E-state index in [-0.39, 0.29) is 11.8 Å². The molecule has 1 amide bonds. The van der Waals surface area contributed by atoms with Crippen LogP contribution in [-0.4, -0.2) is 43.8 Å². The summed E-state index contributed by atoms with van der Waals surface area (Å²) in [6, 6.07) is 5.39. The van der Waals surface area contributed by atoms with Crippen molar-refractivity contribution in [2.24, 2.45) is 0 Å². The van der Waals surface area contributed by atoms with E-state index >= 15 is 0 Å². The van der Waals surface area contributed by atoms with Crippen LogP contribution < -0.4 is 0 Å². The lowest BCUT2D eigenvalue weighted by Crippen LogP contribution is -2.39. The molecule has 0 aromatic carbocycles. The summed E-state index contributed by atoms with van der Waals surface area (Å²) in [5.41, 5.74) is 0. The smallest absolute Gasteiger partial charge is 0.289 e. The monoisotopic (exact) mass is 341 g/mol. The van der Waals surface area contributed by atoms with Gasteiger partial charge in [0.05, 0.1) is 6.54 Å². The molecule has 1 fully saturated rings. The van der Waals surface area contributed by atoms with E-state index < -0.39 is 0 Å². The van der Waals surface area contributed by atoms with Crippen LogP contribution in [0.5, 0.6) is 0 Å². The van der Waals surface area contributed by atoms with Gasteiger partial charge in [-0.1, -0.05) is 5.16 Å². The average Bonchev–Trinajstić information content (AvgIpc) is 3.37. The van der Waals surface area contributed by atoms with Gasteiger partial charge in [-0.05, 0) is 31.0 Å². The first-order valence-corrected chi connectivity index (χ1v) is 8.34. The first-order chi connectivity index (χ1) is 12.2. The Kier molecular flexibility index (Phi) is 4.09. The second-order valence-corrected chi connectivity index (χ2v) is 6.23. The average molecular weight is 341 g/mol. The Morgan fingerprint density at radius 1 is 1.40 bits per heavy atom. The second-order valence-electron chi connectivity index (χ2n) is 6.23. The molecule has 0 saturated carbocycles. The summed E-state index contributed by atoms with van der Waals surface area (Å²) in [6.07, 6.45) is 5.42. The largest absolute Gasteiger partial charge is 0.454 e. The number of furan rings is 1. The third-order valence-electron chi connectivity index (χ3n) is 4.37. The fourth-order valence-electron chi connectivity index (χ4n) is 3.14. The number of carbonyl (C=O) groups is 1. The summed E-state index contributed by atoms with van der Waals surface area (Å²) in [5.74, 6) is 2.29. The number of amides is 1. The van der Waals surface area contributed by atoms with Gasteiger partial charge in [-0.25, -0.2) is 0 Å². The van der Waals surface area contributed by atoms with Gasteiger partial charge < -0.3 is 13.8 Å². The van der Waals surface area contributed by atoms with Gasteiger partial charge in [0, 0.05) is 38.3 Å². The third-order valence-corrected chi connectivity index (χ3v) is 4.37. The molecule has 1 aliphatic heterocycles. The quantitative estimate of drug-likeness (QED) is 0.723. The molecule has 8 nitrogen and oxygen atoms in total. The van der Waals surface area contributed by atoms with E-state index in [9.17, 15) is 4.79 Å². The number of carbonyl (C=O) groups excluding carboxylic acids is 1. The fraction of sp³-hybridized carbons (Fsp3) is 0.412. The predicted octanol–water partition coefficient (Wildman–Crippen LogP) is 2.24. The van der Waals surface area contributed by atoms with Crippen LogP contribution >= 0.6 is 0 Å². The maximum Gasteiger partial charge on any atom is 0.289 e. The highest BCUT2D eigenvalue weighted by atomic mass is 16.5. The minimum Gasteiger partial charge on any atom is -0.454 e. The van der Waals surface area contributed by atoms with Crippen LogP contribution in [0.2, 0.25) is 0 Å². The first kappa shape index (κ1) is 15.6. The molecule has 3 aromatic rings. The van der Waals surface area contributed by atoms with Crippen molar-refractivity contribution in [3.63, 3.8) is 0 Å². The lowest BCUT2D eigenvalue weighted by Gasteiger charge is -2.30. The summed E-state index contributed by atoms with van der Waals surface area (Å²) in [7, 11) is 0. The molecule has 3 aromatic heterocycles. The van der Waals surface area contributed by atoms with Crippen molar-refractivity contribution in [1.29, 1.82) is 0 Å². The third kappa shape index (κ3) is 3.33. The Hall–Kier alpha value is -2.90. The van der Waals surface area contributed by atoms with E-state index in [4.69, 9.17) is 8.94 Å². The van der Waals surface area contributed by atoms with Gasteiger partial charge in [0.25, 0.3) is 5.91 Å². The molecule has 1 saturated heterocycles. The van der Waals surface area contributed by atoms with Crippen molar-refractivity contribution >= 4 is 5.91 Å². The maximum atomic E-state index is 12.7. The molecule has 1 aliphatic rings. The van der Waals surface area contributed by atoms with Crippen molar-refractivity contribution in [2.75, 3.05) is 13.1 Å². The van der Waals surface area contributed by atoms with E-state index in [0.717, 1.165) is 12.8 Å². The Morgan fingerprint density at radius 3 is 3.08 bits per heavy atom. The number of nitrogens with zero attached hydrogens (tertiary/aromatic N) is 5. The van der Waals surface area contributed by atoms with Crippen LogP contribution in [0.4, 0.5) is 0 Å². The predicted molar refractivity (Wildman–Crippen MR) is 87.0 cm³/mol. The van der Waals surface area contributed by atoms with E-state index in [1.54, 1.807) is 28.8 Å². The number of rotatable bonds is 4. The molecular formula is C17H19N5O3. The van der Waals surface area contributed by atoms with E-state index in [2.05, 4.69) is 15.2 Å². The standard InChI is InChI=1S/C17H19N5O3/c1-12-19-16(20-25-12)13-4-2-8-21(10-13)17(23)15-6-5-14(24-15)11-22-9-3-7-18-22/h3,5-7,9,13H,2,4,8,10-11H2,1H3/t13-/m0/s1. The van der Waals surface area contributed by atoms with E-state index in [1.165, 1.54) is 0 Å². The lowest BCUT2D eigenvalue weighted by atomic mass is 9.97. The van der Waals surface area contributed by atoms with Gasteiger partial charge >= 0.3 is 0 Å². The number of hydrogen-bond acceptors (Lipinski definition) is 6. The fourth-order valence-corrected chi connectivity index (χ4v) is 3.14. The molecule has 0 radical (unpaired) electrons. The molecule has 25 heavy (non-hydrogen) atoms. The Morgan fingerprint density at radius 2 is 2.32 bits per heavy atom. The molecule has 130 valence electrons. The van der Waals surface area contributed by atoms with Crippen LogP contribution in [0.1, 0.15) is 46.8 Å². The zero-order valence-corrected chi connectivity index (χ0v) is 14.0. The molecule has 0 spiro atoms. The van der Waals surface area contributed by atoms with Crippen molar-refractivity contribution in [2.45, 2.75) is 32.2 Å². The van der Waals surface area contributed by atoms with Gasteiger partial charge in [-0.3, -0.25) is 9.48 Å². The first-order valence-electron chi connectivity index (χ1n) is 8.34. The molecule has 1 atom stereocenters. The van der Waals surface area contributed by atoms with Gasteiger partial charge in [-0.2, -0.15) is 10.1 Å². The van der Waals surface area contributed by atoms with Crippen LogP contribution in [0.3, 0.4) is 0 Å². The van der Waals surface area contributed by atoms with Gasteiger partial charge in [-0.15, -0.1) is 0 Å². The number of aryl methyl sites for hydroxylation is 1. The highest BCUT2D eigenvalue weighted by molar-refractivity contribution is 5.91.